The van der Waals surface area contributed by atoms with Gasteiger partial charge < -0.3 is 19.9 Å². The van der Waals surface area contributed by atoms with Crippen molar-refractivity contribution in [2.24, 2.45) is 5.73 Å². The van der Waals surface area contributed by atoms with Crippen LogP contribution in [0.1, 0.15) is 29.7 Å². The van der Waals surface area contributed by atoms with Gasteiger partial charge in [-0.15, -0.1) is 0 Å². The lowest BCUT2D eigenvalue weighted by atomic mass is 9.93. The van der Waals surface area contributed by atoms with Gasteiger partial charge in [-0.1, -0.05) is 12.1 Å². The third-order valence-electron chi connectivity index (χ3n) is 3.84. The highest BCUT2D eigenvalue weighted by molar-refractivity contribution is 5.44. The first kappa shape index (κ1) is 13.8. The smallest absolute Gasteiger partial charge is 0.126 e. The minimum atomic E-state index is -0.0593. The van der Waals surface area contributed by atoms with Crippen LogP contribution in [-0.4, -0.2) is 14.2 Å². The summed E-state index contributed by atoms with van der Waals surface area (Å²) in [6, 6.07) is 13.6. The van der Waals surface area contributed by atoms with E-state index in [0.29, 0.717) is 0 Å². The lowest BCUT2D eigenvalue weighted by Gasteiger charge is -2.30. The summed E-state index contributed by atoms with van der Waals surface area (Å²) in [6.07, 6.45) is 0.707. The van der Waals surface area contributed by atoms with E-state index in [2.05, 4.69) is 0 Å². The second kappa shape index (κ2) is 5.66. The molecule has 0 aliphatic carbocycles. The van der Waals surface area contributed by atoms with Gasteiger partial charge in [0, 0.05) is 18.0 Å². The molecule has 1 heterocycles. The molecule has 2 atom stereocenters. The Morgan fingerprint density at radius 3 is 2.33 bits per heavy atom. The molecule has 0 bridgehead atoms. The standard InChI is InChI=1S/C17H19NO3/c1-19-12-5-3-11(4-6-12)17-10-15(18)14-9-13(20-2)7-8-16(14)21-17/h3-9,15,17H,10,18H2,1-2H3/t15-,17?/m1/s1. The zero-order valence-electron chi connectivity index (χ0n) is 12.2. The zero-order chi connectivity index (χ0) is 14.8. The maximum Gasteiger partial charge on any atom is 0.126 e. The van der Waals surface area contributed by atoms with E-state index in [1.54, 1.807) is 14.2 Å². The number of fused-ring (bicyclic) bond motifs is 1. The van der Waals surface area contributed by atoms with Crippen LogP contribution in [0, 0.1) is 0 Å². The molecule has 110 valence electrons. The average molecular weight is 285 g/mol. The first-order valence-electron chi connectivity index (χ1n) is 6.95. The summed E-state index contributed by atoms with van der Waals surface area (Å²) < 4.78 is 16.5. The van der Waals surface area contributed by atoms with Crippen molar-refractivity contribution in [2.75, 3.05) is 14.2 Å². The molecule has 4 nitrogen and oxygen atoms in total. The van der Waals surface area contributed by atoms with E-state index in [1.807, 2.05) is 42.5 Å². The molecule has 2 N–H and O–H groups in total. The predicted octanol–water partition coefficient (Wildman–Crippen LogP) is 3.23. The van der Waals surface area contributed by atoms with Gasteiger partial charge in [0.15, 0.2) is 0 Å². The van der Waals surface area contributed by atoms with Gasteiger partial charge in [0.05, 0.1) is 14.2 Å². The molecule has 21 heavy (non-hydrogen) atoms. The summed E-state index contributed by atoms with van der Waals surface area (Å²) in [6.45, 7) is 0. The molecule has 3 rings (SSSR count). The fraction of sp³-hybridized carbons (Fsp3) is 0.294. The zero-order valence-corrected chi connectivity index (χ0v) is 12.2. The highest BCUT2D eigenvalue weighted by atomic mass is 16.5. The fourth-order valence-corrected chi connectivity index (χ4v) is 2.63. The maximum atomic E-state index is 6.29. The monoisotopic (exact) mass is 285 g/mol. The van der Waals surface area contributed by atoms with E-state index in [4.69, 9.17) is 19.9 Å². The Kier molecular flexibility index (Phi) is 3.71. The Hall–Kier alpha value is -2.20. The van der Waals surface area contributed by atoms with Crippen LogP contribution < -0.4 is 19.9 Å². The minimum absolute atomic E-state index is 0.0354. The van der Waals surface area contributed by atoms with Crippen LogP contribution in [0.4, 0.5) is 0 Å². The van der Waals surface area contributed by atoms with Crippen LogP contribution in [0.15, 0.2) is 42.5 Å². The van der Waals surface area contributed by atoms with Crippen LogP contribution in [0.5, 0.6) is 17.2 Å². The van der Waals surface area contributed by atoms with Gasteiger partial charge >= 0.3 is 0 Å². The van der Waals surface area contributed by atoms with Crippen LogP contribution in [0.25, 0.3) is 0 Å². The van der Waals surface area contributed by atoms with E-state index in [0.717, 1.165) is 34.8 Å². The number of hydrogen-bond acceptors (Lipinski definition) is 4. The molecule has 1 aliphatic heterocycles. The second-order valence-corrected chi connectivity index (χ2v) is 5.13. The Morgan fingerprint density at radius 1 is 1.00 bits per heavy atom. The number of nitrogens with two attached hydrogens (primary N) is 1. The van der Waals surface area contributed by atoms with Crippen molar-refractivity contribution in [1.29, 1.82) is 0 Å². The van der Waals surface area contributed by atoms with Crippen molar-refractivity contribution in [2.45, 2.75) is 18.6 Å². The molecule has 0 saturated carbocycles. The maximum absolute atomic E-state index is 6.29. The van der Waals surface area contributed by atoms with Crippen molar-refractivity contribution in [3.63, 3.8) is 0 Å². The van der Waals surface area contributed by atoms with E-state index >= 15 is 0 Å². The van der Waals surface area contributed by atoms with Crippen LogP contribution in [-0.2, 0) is 0 Å². The summed E-state index contributed by atoms with van der Waals surface area (Å²) in [5, 5.41) is 0. The van der Waals surface area contributed by atoms with Crippen LogP contribution in [0.2, 0.25) is 0 Å². The van der Waals surface area contributed by atoms with E-state index in [9.17, 15) is 0 Å². The third-order valence-corrected chi connectivity index (χ3v) is 3.84. The molecule has 2 aromatic rings. The molecule has 0 amide bonds. The van der Waals surface area contributed by atoms with Gasteiger partial charge in [-0.3, -0.25) is 0 Å². The summed E-state index contributed by atoms with van der Waals surface area (Å²) in [4.78, 5) is 0. The SMILES string of the molecule is COc1ccc(C2C[C@@H](N)c3cc(OC)ccc3O2)cc1. The molecule has 1 aliphatic rings. The topological polar surface area (TPSA) is 53.7 Å². The minimum Gasteiger partial charge on any atom is -0.497 e. The van der Waals surface area contributed by atoms with Crippen molar-refractivity contribution >= 4 is 0 Å². The fourth-order valence-electron chi connectivity index (χ4n) is 2.63. The second-order valence-electron chi connectivity index (χ2n) is 5.13. The Labute approximate surface area is 124 Å². The first-order chi connectivity index (χ1) is 10.2. The molecule has 1 unspecified atom stereocenters. The molecule has 0 aromatic heterocycles. The number of rotatable bonds is 3. The molecular weight excluding hydrogens is 266 g/mol. The molecule has 0 fully saturated rings. The van der Waals surface area contributed by atoms with Crippen molar-refractivity contribution in [3.05, 3.63) is 53.6 Å². The molecule has 4 heteroatoms. The summed E-state index contributed by atoms with van der Waals surface area (Å²) >= 11 is 0. The highest BCUT2D eigenvalue weighted by Crippen LogP contribution is 2.41. The van der Waals surface area contributed by atoms with Gasteiger partial charge in [-0.2, -0.15) is 0 Å². The largest absolute Gasteiger partial charge is 0.497 e. The van der Waals surface area contributed by atoms with Gasteiger partial charge in [0.25, 0.3) is 0 Å². The number of benzene rings is 2. The van der Waals surface area contributed by atoms with Gasteiger partial charge in [-0.05, 0) is 35.9 Å². The summed E-state index contributed by atoms with van der Waals surface area (Å²) in [5.41, 5.74) is 8.40. The molecule has 0 saturated heterocycles. The quantitative estimate of drug-likeness (QED) is 0.940. The van der Waals surface area contributed by atoms with E-state index < -0.39 is 0 Å². The lowest BCUT2D eigenvalue weighted by Crippen LogP contribution is -2.24. The summed E-state index contributed by atoms with van der Waals surface area (Å²) in [5.74, 6) is 2.47. The Bertz CT molecular complexity index is 624. The number of hydrogen-bond donors (Lipinski definition) is 1. The third kappa shape index (κ3) is 2.67. The van der Waals surface area contributed by atoms with Crippen molar-refractivity contribution in [3.8, 4) is 17.2 Å². The van der Waals surface area contributed by atoms with E-state index in [-0.39, 0.29) is 12.1 Å². The van der Waals surface area contributed by atoms with Crippen LogP contribution >= 0.6 is 0 Å². The lowest BCUT2D eigenvalue weighted by molar-refractivity contribution is 0.161. The summed E-state index contributed by atoms with van der Waals surface area (Å²) in [7, 11) is 3.31. The molecule has 0 spiro atoms. The predicted molar refractivity (Wildman–Crippen MR) is 80.9 cm³/mol. The number of methoxy groups -OCH3 is 2. The normalized spacial score (nSPS) is 20.3. The van der Waals surface area contributed by atoms with Gasteiger partial charge in [0.1, 0.15) is 23.4 Å². The van der Waals surface area contributed by atoms with Gasteiger partial charge in [-0.25, -0.2) is 0 Å². The van der Waals surface area contributed by atoms with Crippen molar-refractivity contribution < 1.29 is 14.2 Å². The van der Waals surface area contributed by atoms with Crippen LogP contribution in [0.3, 0.4) is 0 Å². The molecular formula is C17H19NO3. The Balaban J connectivity index is 1.87. The number of ether oxygens (including phenoxy) is 3. The first-order valence-corrected chi connectivity index (χ1v) is 6.95. The molecule has 2 aromatic carbocycles. The molecule has 0 radical (unpaired) electrons. The van der Waals surface area contributed by atoms with Crippen molar-refractivity contribution in [1.82, 2.24) is 0 Å². The van der Waals surface area contributed by atoms with E-state index in [1.165, 1.54) is 0 Å². The average Bonchev–Trinajstić information content (AvgIpc) is 2.54. The highest BCUT2D eigenvalue weighted by Gasteiger charge is 2.27. The van der Waals surface area contributed by atoms with Gasteiger partial charge in [0.2, 0.25) is 0 Å². The Morgan fingerprint density at radius 2 is 1.67 bits per heavy atom.